The number of benzene rings is 2. The van der Waals surface area contributed by atoms with Crippen LogP contribution in [0.4, 0.5) is 0 Å². The Morgan fingerprint density at radius 2 is 2.00 bits per heavy atom. The second-order valence-electron chi connectivity index (χ2n) is 5.44. The minimum absolute atomic E-state index is 0.452. The van der Waals surface area contributed by atoms with Gasteiger partial charge in [0.05, 0.1) is 5.56 Å². The Kier molecular flexibility index (Phi) is 4.02. The number of rotatable bonds is 5. The number of carbonyl (C=O) groups excluding carboxylic acids is 1. The molecule has 3 rings (SSSR count). The van der Waals surface area contributed by atoms with E-state index in [2.05, 4.69) is 11.9 Å². The molecule has 1 fully saturated rings. The fourth-order valence-electron chi connectivity index (χ4n) is 2.61. The molecule has 3 heteroatoms. The maximum Gasteiger partial charge on any atom is 0.153 e. The largest absolute Gasteiger partial charge is 0.491 e. The fraction of sp³-hybridized carbons (Fsp3) is 0.278. The standard InChI is InChI=1S/C18H19NO2/c1-19-11-10-16(19)13-21-18-15(12-20)8-5-9-17(18)14-6-3-2-4-7-14/h2-9,12,16H,10-11,13H2,1H3. The summed E-state index contributed by atoms with van der Waals surface area (Å²) in [5.74, 6) is 0.694. The lowest BCUT2D eigenvalue weighted by Crippen LogP contribution is -2.48. The van der Waals surface area contributed by atoms with Crippen molar-refractivity contribution in [3.05, 3.63) is 54.1 Å². The van der Waals surface area contributed by atoms with Crippen LogP contribution in [0, 0.1) is 0 Å². The molecule has 108 valence electrons. The highest BCUT2D eigenvalue weighted by atomic mass is 16.5. The Hall–Kier alpha value is -2.13. The van der Waals surface area contributed by atoms with Crippen molar-refractivity contribution in [2.75, 3.05) is 20.2 Å². The summed E-state index contributed by atoms with van der Waals surface area (Å²) in [4.78, 5) is 13.6. The molecule has 0 amide bonds. The fourth-order valence-corrected chi connectivity index (χ4v) is 2.61. The zero-order chi connectivity index (χ0) is 14.7. The van der Waals surface area contributed by atoms with Crippen LogP contribution in [0.25, 0.3) is 11.1 Å². The van der Waals surface area contributed by atoms with Gasteiger partial charge in [0.15, 0.2) is 6.29 Å². The third kappa shape index (κ3) is 2.83. The van der Waals surface area contributed by atoms with E-state index in [0.717, 1.165) is 30.4 Å². The Balaban J connectivity index is 1.90. The maximum atomic E-state index is 11.3. The number of hydrogen-bond acceptors (Lipinski definition) is 3. The third-order valence-electron chi connectivity index (χ3n) is 4.12. The summed E-state index contributed by atoms with van der Waals surface area (Å²) in [6.07, 6.45) is 2.02. The molecule has 0 spiro atoms. The molecule has 1 saturated heterocycles. The normalized spacial score (nSPS) is 18.0. The van der Waals surface area contributed by atoms with Crippen molar-refractivity contribution >= 4 is 6.29 Å². The van der Waals surface area contributed by atoms with Crippen LogP contribution in [0.5, 0.6) is 5.75 Å². The van der Waals surface area contributed by atoms with Gasteiger partial charge in [-0.05, 0) is 31.6 Å². The van der Waals surface area contributed by atoms with Crippen LogP contribution in [-0.4, -0.2) is 37.4 Å². The molecular formula is C18H19NO2. The third-order valence-corrected chi connectivity index (χ3v) is 4.12. The second kappa shape index (κ2) is 6.10. The second-order valence-corrected chi connectivity index (χ2v) is 5.44. The monoisotopic (exact) mass is 281 g/mol. The van der Waals surface area contributed by atoms with E-state index in [-0.39, 0.29) is 0 Å². The van der Waals surface area contributed by atoms with E-state index in [1.165, 1.54) is 0 Å². The lowest BCUT2D eigenvalue weighted by atomic mass is 10.0. The van der Waals surface area contributed by atoms with Crippen molar-refractivity contribution in [1.82, 2.24) is 4.90 Å². The predicted molar refractivity (Wildman–Crippen MR) is 83.8 cm³/mol. The smallest absolute Gasteiger partial charge is 0.153 e. The van der Waals surface area contributed by atoms with Crippen LogP contribution in [0.3, 0.4) is 0 Å². The quantitative estimate of drug-likeness (QED) is 0.788. The van der Waals surface area contributed by atoms with Gasteiger partial charge in [-0.1, -0.05) is 42.5 Å². The number of hydrogen-bond donors (Lipinski definition) is 0. The number of likely N-dealkylation sites (N-methyl/N-ethyl adjacent to an activating group) is 1. The molecule has 21 heavy (non-hydrogen) atoms. The molecule has 1 atom stereocenters. The molecule has 2 aromatic rings. The molecule has 0 bridgehead atoms. The molecule has 0 saturated carbocycles. The Morgan fingerprint density at radius 3 is 2.62 bits per heavy atom. The molecule has 1 unspecified atom stereocenters. The van der Waals surface area contributed by atoms with Crippen LogP contribution >= 0.6 is 0 Å². The van der Waals surface area contributed by atoms with E-state index in [9.17, 15) is 4.79 Å². The summed E-state index contributed by atoms with van der Waals surface area (Å²) >= 11 is 0. The minimum atomic E-state index is 0.452. The van der Waals surface area contributed by atoms with Crippen molar-refractivity contribution in [1.29, 1.82) is 0 Å². The van der Waals surface area contributed by atoms with Gasteiger partial charge in [0.1, 0.15) is 12.4 Å². The highest BCUT2D eigenvalue weighted by molar-refractivity contribution is 5.86. The van der Waals surface area contributed by atoms with Gasteiger partial charge in [-0.3, -0.25) is 9.69 Å². The van der Waals surface area contributed by atoms with Crippen molar-refractivity contribution < 1.29 is 9.53 Å². The average Bonchev–Trinajstić information content (AvgIpc) is 2.54. The molecule has 1 aliphatic heterocycles. The number of likely N-dealkylation sites (tertiary alicyclic amines) is 1. The summed E-state index contributed by atoms with van der Waals surface area (Å²) in [7, 11) is 2.10. The number of ether oxygens (including phenoxy) is 1. The first kappa shape index (κ1) is 13.8. The van der Waals surface area contributed by atoms with E-state index in [0.29, 0.717) is 24.0 Å². The van der Waals surface area contributed by atoms with Crippen molar-refractivity contribution in [2.24, 2.45) is 0 Å². The van der Waals surface area contributed by atoms with Crippen molar-refractivity contribution in [2.45, 2.75) is 12.5 Å². The van der Waals surface area contributed by atoms with Crippen molar-refractivity contribution in [3.63, 3.8) is 0 Å². The lowest BCUT2D eigenvalue weighted by Gasteiger charge is -2.37. The van der Waals surface area contributed by atoms with Gasteiger partial charge in [-0.15, -0.1) is 0 Å². The minimum Gasteiger partial charge on any atom is -0.491 e. The number of carbonyl (C=O) groups is 1. The van der Waals surface area contributed by atoms with Gasteiger partial charge in [-0.2, -0.15) is 0 Å². The first-order chi connectivity index (χ1) is 10.3. The Bertz CT molecular complexity index is 624. The Labute approximate surface area is 125 Å². The summed E-state index contributed by atoms with van der Waals surface area (Å²) in [6.45, 7) is 1.75. The number of aldehydes is 1. The molecule has 1 aliphatic rings. The molecule has 3 nitrogen and oxygen atoms in total. The van der Waals surface area contributed by atoms with E-state index >= 15 is 0 Å². The molecule has 0 N–H and O–H groups in total. The van der Waals surface area contributed by atoms with Crippen molar-refractivity contribution in [3.8, 4) is 16.9 Å². The van der Waals surface area contributed by atoms with Crippen LogP contribution in [0.2, 0.25) is 0 Å². The van der Waals surface area contributed by atoms with Crippen LogP contribution in [-0.2, 0) is 0 Å². The van der Waals surface area contributed by atoms with E-state index in [1.54, 1.807) is 6.07 Å². The maximum absolute atomic E-state index is 11.3. The summed E-state index contributed by atoms with van der Waals surface area (Å²) in [5, 5.41) is 0. The summed E-state index contributed by atoms with van der Waals surface area (Å²) in [6, 6.07) is 16.2. The first-order valence-electron chi connectivity index (χ1n) is 7.26. The highest BCUT2D eigenvalue weighted by Gasteiger charge is 2.25. The molecule has 0 aromatic heterocycles. The van der Waals surface area contributed by atoms with Crippen LogP contribution < -0.4 is 4.74 Å². The molecule has 1 heterocycles. The van der Waals surface area contributed by atoms with Gasteiger partial charge >= 0.3 is 0 Å². The van der Waals surface area contributed by atoms with E-state index in [1.807, 2.05) is 42.5 Å². The molecule has 0 radical (unpaired) electrons. The average molecular weight is 281 g/mol. The molecule has 0 aliphatic carbocycles. The van der Waals surface area contributed by atoms with E-state index in [4.69, 9.17) is 4.74 Å². The Morgan fingerprint density at radius 1 is 1.19 bits per heavy atom. The van der Waals surface area contributed by atoms with Crippen LogP contribution in [0.1, 0.15) is 16.8 Å². The van der Waals surface area contributed by atoms with Gasteiger partial charge < -0.3 is 4.74 Å². The predicted octanol–water partition coefficient (Wildman–Crippen LogP) is 3.25. The topological polar surface area (TPSA) is 29.5 Å². The van der Waals surface area contributed by atoms with Crippen LogP contribution in [0.15, 0.2) is 48.5 Å². The zero-order valence-electron chi connectivity index (χ0n) is 12.2. The highest BCUT2D eigenvalue weighted by Crippen LogP contribution is 2.33. The molecular weight excluding hydrogens is 262 g/mol. The van der Waals surface area contributed by atoms with Gasteiger partial charge in [-0.25, -0.2) is 0 Å². The van der Waals surface area contributed by atoms with Gasteiger partial charge in [0.2, 0.25) is 0 Å². The molecule has 2 aromatic carbocycles. The van der Waals surface area contributed by atoms with Gasteiger partial charge in [0, 0.05) is 11.6 Å². The summed E-state index contributed by atoms with van der Waals surface area (Å²) in [5.41, 5.74) is 2.65. The first-order valence-corrected chi connectivity index (χ1v) is 7.26. The summed E-state index contributed by atoms with van der Waals surface area (Å²) < 4.78 is 6.02. The lowest BCUT2D eigenvalue weighted by molar-refractivity contribution is 0.0765. The number of para-hydroxylation sites is 1. The van der Waals surface area contributed by atoms with E-state index < -0.39 is 0 Å². The van der Waals surface area contributed by atoms with Gasteiger partial charge in [0.25, 0.3) is 0 Å². The zero-order valence-corrected chi connectivity index (χ0v) is 12.2. The SMILES string of the molecule is CN1CCC1COc1c(C=O)cccc1-c1ccccc1. The number of nitrogens with zero attached hydrogens (tertiary/aromatic N) is 1.